The Morgan fingerprint density at radius 3 is 2.64 bits per heavy atom. The van der Waals surface area contributed by atoms with Gasteiger partial charge < -0.3 is 24.3 Å². The lowest BCUT2D eigenvalue weighted by molar-refractivity contribution is -0.122. The molecule has 5 rings (SSSR count). The van der Waals surface area contributed by atoms with Gasteiger partial charge in [-0.05, 0) is 69.6 Å². The normalized spacial score (nSPS) is 21.0. The molecule has 0 spiro atoms. The number of nitrogens with zero attached hydrogens (tertiary/aromatic N) is 4. The summed E-state index contributed by atoms with van der Waals surface area (Å²) < 4.78 is 8.64. The highest BCUT2D eigenvalue weighted by atomic mass is 16.5. The molecule has 2 aliphatic rings. The van der Waals surface area contributed by atoms with Gasteiger partial charge in [0.25, 0.3) is 5.56 Å². The van der Waals surface area contributed by atoms with Gasteiger partial charge in [0, 0.05) is 49.5 Å². The SMILES string of the molecule is COC(=O)N1c2ccc3c(nc(CCn4ccccc4=O)n3CC(=O)NC3CCC(CO)CC3)c2CC[C@@H]1C. The molecular weight excluding hydrogens is 498 g/mol. The van der Waals surface area contributed by atoms with Crippen LogP contribution in [0.4, 0.5) is 10.5 Å². The Kier molecular flexibility index (Phi) is 8.02. The highest BCUT2D eigenvalue weighted by Crippen LogP contribution is 2.36. The molecule has 39 heavy (non-hydrogen) atoms. The van der Waals surface area contributed by atoms with E-state index < -0.39 is 6.09 Å². The number of hydrogen-bond donors (Lipinski definition) is 2. The predicted molar refractivity (Wildman–Crippen MR) is 148 cm³/mol. The maximum absolute atomic E-state index is 13.2. The van der Waals surface area contributed by atoms with Crippen molar-refractivity contribution in [3.8, 4) is 0 Å². The first kappa shape index (κ1) is 26.9. The van der Waals surface area contributed by atoms with Crippen molar-refractivity contribution >= 4 is 28.7 Å². The number of aryl methyl sites for hydroxylation is 3. The van der Waals surface area contributed by atoms with E-state index in [-0.39, 0.29) is 36.7 Å². The minimum Gasteiger partial charge on any atom is -0.452 e. The number of fused-ring (bicyclic) bond motifs is 3. The van der Waals surface area contributed by atoms with Crippen molar-refractivity contribution in [3.63, 3.8) is 0 Å². The maximum atomic E-state index is 13.2. The number of rotatable bonds is 7. The molecule has 0 saturated heterocycles. The molecule has 1 atom stereocenters. The molecule has 0 unspecified atom stereocenters. The number of aliphatic hydroxyl groups excluding tert-OH is 1. The number of pyridine rings is 1. The fourth-order valence-electron chi connectivity index (χ4n) is 5.99. The molecule has 1 saturated carbocycles. The Labute approximate surface area is 227 Å². The van der Waals surface area contributed by atoms with Crippen LogP contribution in [0.1, 0.15) is 50.4 Å². The Morgan fingerprint density at radius 2 is 1.92 bits per heavy atom. The van der Waals surface area contributed by atoms with Crippen LogP contribution in [0.15, 0.2) is 41.3 Å². The van der Waals surface area contributed by atoms with Crippen LogP contribution in [0.2, 0.25) is 0 Å². The summed E-state index contributed by atoms with van der Waals surface area (Å²) in [5.74, 6) is 0.959. The minimum absolute atomic E-state index is 0.000568. The molecule has 208 valence electrons. The van der Waals surface area contributed by atoms with Gasteiger partial charge in [0.1, 0.15) is 12.4 Å². The molecule has 1 aromatic carbocycles. The summed E-state index contributed by atoms with van der Waals surface area (Å²) >= 11 is 0. The smallest absolute Gasteiger partial charge is 0.414 e. The van der Waals surface area contributed by atoms with Crippen molar-refractivity contribution in [1.29, 1.82) is 0 Å². The number of hydrogen-bond acceptors (Lipinski definition) is 6. The number of carbonyl (C=O) groups excluding carboxylic acids is 2. The lowest BCUT2D eigenvalue weighted by atomic mass is 9.86. The van der Waals surface area contributed by atoms with E-state index in [0.717, 1.165) is 66.6 Å². The molecule has 10 heteroatoms. The number of amides is 2. The Bertz CT molecular complexity index is 1400. The van der Waals surface area contributed by atoms with Crippen LogP contribution in [0, 0.1) is 5.92 Å². The standard InChI is InChI=1S/C29H37N5O5/c1-19-6-11-22-23(34(19)29(38)39-2)12-13-24-28(22)31-25(14-16-32-15-4-3-5-27(32)37)33(24)17-26(36)30-21-9-7-20(18-35)8-10-21/h3-5,12-13,15,19-21,35H,6-11,14,16-18H2,1-2H3,(H,30,36)/t19-,20?,21?/m0/s1. The molecule has 0 bridgehead atoms. The van der Waals surface area contributed by atoms with Crippen LogP contribution in [0.5, 0.6) is 0 Å². The maximum Gasteiger partial charge on any atom is 0.414 e. The van der Waals surface area contributed by atoms with E-state index >= 15 is 0 Å². The third kappa shape index (κ3) is 5.56. The molecule has 2 N–H and O–H groups in total. The third-order valence-electron chi connectivity index (χ3n) is 8.21. The van der Waals surface area contributed by atoms with Crippen LogP contribution in [0.25, 0.3) is 11.0 Å². The highest BCUT2D eigenvalue weighted by molar-refractivity contribution is 5.95. The zero-order valence-corrected chi connectivity index (χ0v) is 22.6. The molecule has 1 fully saturated rings. The molecule has 1 aliphatic heterocycles. The van der Waals surface area contributed by atoms with Crippen molar-refractivity contribution in [3.05, 3.63) is 58.3 Å². The van der Waals surface area contributed by atoms with Crippen molar-refractivity contribution < 1.29 is 19.4 Å². The van der Waals surface area contributed by atoms with Gasteiger partial charge in [-0.15, -0.1) is 0 Å². The first-order chi connectivity index (χ1) is 18.9. The number of methoxy groups -OCH3 is 1. The predicted octanol–water partition coefficient (Wildman–Crippen LogP) is 3.02. The Morgan fingerprint density at radius 1 is 1.13 bits per heavy atom. The second kappa shape index (κ2) is 11.6. The summed E-state index contributed by atoms with van der Waals surface area (Å²) in [6.07, 6.45) is 6.90. The number of aliphatic hydroxyl groups is 1. The van der Waals surface area contributed by atoms with E-state index in [1.54, 1.807) is 21.7 Å². The van der Waals surface area contributed by atoms with Gasteiger partial charge in [0.2, 0.25) is 5.91 Å². The van der Waals surface area contributed by atoms with Crippen LogP contribution in [-0.4, -0.2) is 57.0 Å². The van der Waals surface area contributed by atoms with Crippen molar-refractivity contribution in [2.45, 2.75) is 77.0 Å². The van der Waals surface area contributed by atoms with Crippen LogP contribution >= 0.6 is 0 Å². The molecule has 3 heterocycles. The average molecular weight is 536 g/mol. The fourth-order valence-corrected chi connectivity index (χ4v) is 5.99. The first-order valence-corrected chi connectivity index (χ1v) is 13.8. The summed E-state index contributed by atoms with van der Waals surface area (Å²) in [5.41, 5.74) is 3.28. The lowest BCUT2D eigenvalue weighted by Gasteiger charge is -2.34. The number of carbonyl (C=O) groups is 2. The topological polar surface area (TPSA) is 119 Å². The average Bonchev–Trinajstić information content (AvgIpc) is 3.29. The second-order valence-corrected chi connectivity index (χ2v) is 10.7. The molecule has 2 aromatic heterocycles. The summed E-state index contributed by atoms with van der Waals surface area (Å²) in [4.78, 5) is 44.8. The molecule has 10 nitrogen and oxygen atoms in total. The second-order valence-electron chi connectivity index (χ2n) is 10.7. The molecule has 0 radical (unpaired) electrons. The first-order valence-electron chi connectivity index (χ1n) is 13.8. The van der Waals surface area contributed by atoms with E-state index in [4.69, 9.17) is 9.72 Å². The Balaban J connectivity index is 1.47. The number of aromatic nitrogens is 3. The van der Waals surface area contributed by atoms with Gasteiger partial charge in [-0.1, -0.05) is 6.07 Å². The summed E-state index contributed by atoms with van der Waals surface area (Å²) in [6.45, 7) is 2.75. The Hall–Kier alpha value is -3.66. The monoisotopic (exact) mass is 535 g/mol. The summed E-state index contributed by atoms with van der Waals surface area (Å²) in [7, 11) is 1.38. The van der Waals surface area contributed by atoms with Gasteiger partial charge in [0.15, 0.2) is 0 Å². The highest BCUT2D eigenvalue weighted by Gasteiger charge is 2.32. The van der Waals surface area contributed by atoms with Crippen LogP contribution in [-0.2, 0) is 35.5 Å². The van der Waals surface area contributed by atoms with Crippen molar-refractivity contribution in [1.82, 2.24) is 19.4 Å². The number of anilines is 1. The zero-order valence-electron chi connectivity index (χ0n) is 22.6. The van der Waals surface area contributed by atoms with Gasteiger partial charge in [-0.3, -0.25) is 14.5 Å². The van der Waals surface area contributed by atoms with E-state index in [9.17, 15) is 19.5 Å². The third-order valence-corrected chi connectivity index (χ3v) is 8.21. The van der Waals surface area contributed by atoms with Gasteiger partial charge in [-0.2, -0.15) is 0 Å². The fraction of sp³-hybridized carbons (Fsp3) is 0.517. The van der Waals surface area contributed by atoms with Crippen molar-refractivity contribution in [2.75, 3.05) is 18.6 Å². The zero-order chi connectivity index (χ0) is 27.5. The summed E-state index contributed by atoms with van der Waals surface area (Å²) in [6, 6.07) is 9.01. The van der Waals surface area contributed by atoms with Gasteiger partial charge >= 0.3 is 6.09 Å². The molecule has 3 aromatic rings. The molecular formula is C29H37N5O5. The van der Waals surface area contributed by atoms with Gasteiger partial charge in [-0.25, -0.2) is 9.78 Å². The number of nitrogens with one attached hydrogen (secondary N) is 1. The van der Waals surface area contributed by atoms with E-state index in [2.05, 4.69) is 5.32 Å². The summed E-state index contributed by atoms with van der Waals surface area (Å²) in [5, 5.41) is 12.6. The van der Waals surface area contributed by atoms with Crippen LogP contribution in [0.3, 0.4) is 0 Å². The largest absolute Gasteiger partial charge is 0.452 e. The quantitative estimate of drug-likeness (QED) is 0.480. The molecule has 2 amide bonds. The van der Waals surface area contributed by atoms with E-state index in [1.807, 2.05) is 29.7 Å². The van der Waals surface area contributed by atoms with E-state index in [1.165, 1.54) is 13.2 Å². The molecule has 1 aliphatic carbocycles. The lowest BCUT2D eigenvalue weighted by Crippen LogP contribution is -2.42. The number of ether oxygens (including phenoxy) is 1. The number of imidazole rings is 1. The minimum atomic E-state index is -0.402. The van der Waals surface area contributed by atoms with E-state index in [0.29, 0.717) is 18.9 Å². The van der Waals surface area contributed by atoms with Crippen molar-refractivity contribution in [2.24, 2.45) is 5.92 Å². The van der Waals surface area contributed by atoms with Gasteiger partial charge in [0.05, 0.1) is 23.8 Å². The van der Waals surface area contributed by atoms with Crippen LogP contribution < -0.4 is 15.8 Å². The number of benzene rings is 1.